The van der Waals surface area contributed by atoms with E-state index in [0.29, 0.717) is 12.5 Å². The largest absolute Gasteiger partial charge is 0.373 e. The lowest BCUT2D eigenvalue weighted by molar-refractivity contribution is -0.116. The fourth-order valence-electron chi connectivity index (χ4n) is 0.304. The van der Waals surface area contributed by atoms with Crippen LogP contribution in [0.15, 0.2) is 0 Å². The molecule has 0 aromatic rings. The van der Waals surface area contributed by atoms with Gasteiger partial charge in [-0.25, -0.2) is 0 Å². The normalized spacial score (nSPS) is 17.5. The molecule has 0 bridgehead atoms. The highest BCUT2D eigenvalue weighted by Gasteiger charge is 2.18. The lowest BCUT2D eigenvalue weighted by Crippen LogP contribution is -1.80. The van der Waals surface area contributed by atoms with Crippen molar-refractivity contribution in [2.45, 2.75) is 60.0 Å². The molecule has 0 saturated carbocycles. The monoisotopic (exact) mass is 188 g/mol. The lowest BCUT2D eigenvalue weighted by Gasteiger charge is -1.71. The van der Waals surface area contributed by atoms with E-state index in [2.05, 4.69) is 20.8 Å². The fraction of sp³-hybridized carbons (Fsp3) is 0.909. The number of epoxide rings is 1. The summed E-state index contributed by atoms with van der Waals surface area (Å²) in [4.78, 5) is 9.81. The van der Waals surface area contributed by atoms with Crippen molar-refractivity contribution in [1.29, 1.82) is 0 Å². The lowest BCUT2D eigenvalue weighted by atomic mass is 10.4. The first-order valence-electron chi connectivity index (χ1n) is 5.23. The van der Waals surface area contributed by atoms with Crippen molar-refractivity contribution in [3.05, 3.63) is 0 Å². The third-order valence-corrected chi connectivity index (χ3v) is 1.36. The van der Waals surface area contributed by atoms with Crippen LogP contribution in [0.3, 0.4) is 0 Å². The van der Waals surface area contributed by atoms with Gasteiger partial charge in [-0.05, 0) is 13.3 Å². The van der Waals surface area contributed by atoms with E-state index >= 15 is 0 Å². The van der Waals surface area contributed by atoms with Gasteiger partial charge in [0, 0.05) is 6.42 Å². The number of hydrogen-bond acceptors (Lipinski definition) is 2. The van der Waals surface area contributed by atoms with Gasteiger partial charge < -0.3 is 9.53 Å². The highest BCUT2D eigenvalue weighted by Crippen LogP contribution is 2.10. The predicted octanol–water partition coefficient (Wildman–Crippen LogP) is 3.20. The van der Waals surface area contributed by atoms with Gasteiger partial charge in [0.1, 0.15) is 5.78 Å². The Bertz CT molecular complexity index is 107. The van der Waals surface area contributed by atoms with Crippen LogP contribution in [0.25, 0.3) is 0 Å². The number of carbonyl (C=O) groups excluding carboxylic acids is 1. The SMILES string of the molecule is CCC.CCC(C)=O.CCC1CO1. The summed E-state index contributed by atoms with van der Waals surface area (Å²) in [6.45, 7) is 10.8. The Balaban J connectivity index is 0. The molecule has 1 unspecified atom stereocenters. The maximum absolute atomic E-state index is 9.81. The van der Waals surface area contributed by atoms with Crippen LogP contribution >= 0.6 is 0 Å². The zero-order valence-corrected chi connectivity index (χ0v) is 9.72. The van der Waals surface area contributed by atoms with Gasteiger partial charge in [0.2, 0.25) is 0 Å². The van der Waals surface area contributed by atoms with Crippen LogP contribution in [0.1, 0.15) is 53.9 Å². The highest BCUT2D eigenvalue weighted by molar-refractivity contribution is 5.74. The van der Waals surface area contributed by atoms with Gasteiger partial charge in [0.15, 0.2) is 0 Å². The van der Waals surface area contributed by atoms with Gasteiger partial charge in [0.25, 0.3) is 0 Å². The standard InChI is InChI=1S/2C4H8O.C3H8/c1-2-4-3-5-4;1-3-4(2)5;1-3-2/h4H,2-3H2,1H3;3H2,1-2H3;3H2,1-2H3. The molecule has 1 fully saturated rings. The molecule has 0 aromatic heterocycles. The van der Waals surface area contributed by atoms with Crippen LogP contribution in [-0.4, -0.2) is 18.5 Å². The van der Waals surface area contributed by atoms with Gasteiger partial charge in [-0.3, -0.25) is 0 Å². The average molecular weight is 188 g/mol. The molecule has 0 N–H and O–H groups in total. The average Bonchev–Trinajstić information content (AvgIpc) is 2.89. The van der Waals surface area contributed by atoms with E-state index in [1.165, 1.54) is 12.8 Å². The Hall–Kier alpha value is -0.370. The van der Waals surface area contributed by atoms with E-state index < -0.39 is 0 Å². The Morgan fingerprint density at radius 1 is 1.31 bits per heavy atom. The van der Waals surface area contributed by atoms with Crippen LogP contribution in [0.2, 0.25) is 0 Å². The molecular weight excluding hydrogens is 164 g/mol. The molecular formula is C11H24O2. The first-order chi connectivity index (χ1) is 6.12. The van der Waals surface area contributed by atoms with Crippen molar-refractivity contribution in [3.63, 3.8) is 0 Å². The van der Waals surface area contributed by atoms with Crippen molar-refractivity contribution in [2.24, 2.45) is 0 Å². The summed E-state index contributed by atoms with van der Waals surface area (Å²) in [5.74, 6) is 0.255. The predicted molar refractivity (Wildman–Crippen MR) is 57.0 cm³/mol. The summed E-state index contributed by atoms with van der Waals surface area (Å²) in [5.41, 5.74) is 0. The fourth-order valence-corrected chi connectivity index (χ4v) is 0.304. The summed E-state index contributed by atoms with van der Waals surface area (Å²) >= 11 is 0. The molecule has 2 heteroatoms. The van der Waals surface area contributed by atoms with E-state index in [4.69, 9.17) is 4.74 Å². The van der Waals surface area contributed by atoms with E-state index in [0.717, 1.165) is 6.61 Å². The molecule has 2 nitrogen and oxygen atoms in total. The first-order valence-corrected chi connectivity index (χ1v) is 5.23. The zero-order chi connectivity index (χ0) is 10.7. The molecule has 0 aliphatic carbocycles. The maximum atomic E-state index is 9.81. The van der Waals surface area contributed by atoms with Crippen LogP contribution in [0.5, 0.6) is 0 Å². The molecule has 0 spiro atoms. The molecule has 0 aromatic carbocycles. The second-order valence-electron chi connectivity index (χ2n) is 3.13. The van der Waals surface area contributed by atoms with Crippen LogP contribution in [0, 0.1) is 0 Å². The maximum Gasteiger partial charge on any atom is 0.129 e. The minimum absolute atomic E-state index is 0.255. The van der Waals surface area contributed by atoms with E-state index in [-0.39, 0.29) is 5.78 Å². The van der Waals surface area contributed by atoms with Crippen LogP contribution in [0.4, 0.5) is 0 Å². The third kappa shape index (κ3) is 24.5. The van der Waals surface area contributed by atoms with Crippen molar-refractivity contribution in [2.75, 3.05) is 6.61 Å². The topological polar surface area (TPSA) is 29.6 Å². The minimum atomic E-state index is 0.255. The Morgan fingerprint density at radius 3 is 1.62 bits per heavy atom. The second-order valence-corrected chi connectivity index (χ2v) is 3.13. The van der Waals surface area contributed by atoms with E-state index in [9.17, 15) is 4.79 Å². The van der Waals surface area contributed by atoms with Gasteiger partial charge in [-0.2, -0.15) is 0 Å². The summed E-state index contributed by atoms with van der Waals surface area (Å²) in [6.07, 6.45) is 3.75. The Morgan fingerprint density at radius 2 is 1.62 bits per heavy atom. The number of ketones is 1. The number of ether oxygens (including phenoxy) is 1. The van der Waals surface area contributed by atoms with Gasteiger partial charge >= 0.3 is 0 Å². The first kappa shape index (κ1) is 15.1. The molecule has 1 atom stereocenters. The smallest absolute Gasteiger partial charge is 0.129 e. The highest BCUT2D eigenvalue weighted by atomic mass is 16.6. The molecule has 80 valence electrons. The van der Waals surface area contributed by atoms with Gasteiger partial charge in [0.05, 0.1) is 12.7 Å². The van der Waals surface area contributed by atoms with Crippen LogP contribution < -0.4 is 0 Å². The molecule has 1 heterocycles. The Kier molecular flexibility index (Phi) is 13.5. The van der Waals surface area contributed by atoms with Crippen LogP contribution in [-0.2, 0) is 9.53 Å². The van der Waals surface area contributed by atoms with Crippen molar-refractivity contribution in [1.82, 2.24) is 0 Å². The molecule has 1 saturated heterocycles. The molecule has 13 heavy (non-hydrogen) atoms. The molecule has 0 radical (unpaired) electrons. The summed E-state index contributed by atoms with van der Waals surface area (Å²) in [7, 11) is 0. The third-order valence-electron chi connectivity index (χ3n) is 1.36. The summed E-state index contributed by atoms with van der Waals surface area (Å²) in [6, 6.07) is 0. The number of rotatable bonds is 2. The van der Waals surface area contributed by atoms with Gasteiger partial charge in [-0.15, -0.1) is 0 Å². The second kappa shape index (κ2) is 11.6. The zero-order valence-electron chi connectivity index (χ0n) is 9.72. The van der Waals surface area contributed by atoms with E-state index in [1.54, 1.807) is 6.92 Å². The minimum Gasteiger partial charge on any atom is -0.373 e. The number of Topliss-reactive ketones (excluding diaryl/α,β-unsaturated/α-hetero) is 1. The molecule has 0 amide bonds. The van der Waals surface area contributed by atoms with Crippen molar-refractivity contribution >= 4 is 5.78 Å². The number of carbonyl (C=O) groups is 1. The number of hydrogen-bond donors (Lipinski definition) is 0. The quantitative estimate of drug-likeness (QED) is 0.623. The van der Waals surface area contributed by atoms with E-state index in [1.807, 2.05) is 6.92 Å². The van der Waals surface area contributed by atoms with Crippen molar-refractivity contribution in [3.8, 4) is 0 Å². The van der Waals surface area contributed by atoms with Crippen molar-refractivity contribution < 1.29 is 9.53 Å². The van der Waals surface area contributed by atoms with Gasteiger partial charge in [-0.1, -0.05) is 34.1 Å². The molecule has 1 aliphatic rings. The molecule has 1 aliphatic heterocycles. The Labute approximate surface area is 82.7 Å². The summed E-state index contributed by atoms with van der Waals surface area (Å²) in [5, 5.41) is 0. The molecule has 1 rings (SSSR count). The summed E-state index contributed by atoms with van der Waals surface area (Å²) < 4.78 is 4.86.